The van der Waals surface area contributed by atoms with Gasteiger partial charge in [-0.05, 0) is 48.6 Å². The van der Waals surface area contributed by atoms with E-state index in [9.17, 15) is 0 Å². The summed E-state index contributed by atoms with van der Waals surface area (Å²) in [5.41, 5.74) is 5.61. The quantitative estimate of drug-likeness (QED) is 0.452. The molecular formula is C26H29BN6. The third-order valence-corrected chi connectivity index (χ3v) is 6.34. The lowest BCUT2D eigenvalue weighted by molar-refractivity contribution is 0.231. The molecular weight excluding hydrogens is 407 g/mol. The largest absolute Gasteiger partial charge is 0.366 e. The lowest BCUT2D eigenvalue weighted by Crippen LogP contribution is -2.33. The molecule has 5 rings (SSSR count). The number of piperidine rings is 1. The molecule has 0 radical (unpaired) electrons. The lowest BCUT2D eigenvalue weighted by Gasteiger charge is -2.31. The minimum absolute atomic E-state index is 0.470. The van der Waals surface area contributed by atoms with Crippen LogP contribution in [0.5, 0.6) is 0 Å². The molecule has 4 heterocycles. The molecule has 1 aromatic carbocycles. The molecule has 3 aromatic heterocycles. The van der Waals surface area contributed by atoms with Gasteiger partial charge < -0.3 is 5.32 Å². The standard InChI is InChI=1S/C26H29BN6/c27-23-19-30-33-25(29-18-21-8-4-12-28-17-21)16-24(31-26(23)33)22-10-14-32(15-11-22)13-5-9-20-6-2-1-3-7-20/h1-9,12,16-17,19,22,29H,10-11,13-15,18,27H2/b9-5+. The maximum Gasteiger partial charge on any atom is 0.151 e. The van der Waals surface area contributed by atoms with Crippen molar-refractivity contribution in [2.75, 3.05) is 25.0 Å². The van der Waals surface area contributed by atoms with Crippen LogP contribution in [0.25, 0.3) is 11.7 Å². The Kier molecular flexibility index (Phi) is 6.49. The number of pyridine rings is 1. The lowest BCUT2D eigenvalue weighted by atomic mass is 9.92. The summed E-state index contributed by atoms with van der Waals surface area (Å²) in [5, 5.41) is 8.10. The van der Waals surface area contributed by atoms with Gasteiger partial charge in [0.25, 0.3) is 0 Å². The number of hydrogen-bond donors (Lipinski definition) is 1. The van der Waals surface area contributed by atoms with E-state index >= 15 is 0 Å². The minimum Gasteiger partial charge on any atom is -0.366 e. The first-order valence-electron chi connectivity index (χ1n) is 11.7. The second-order valence-electron chi connectivity index (χ2n) is 8.73. The van der Waals surface area contributed by atoms with Crippen molar-refractivity contribution in [3.05, 3.63) is 90.0 Å². The minimum atomic E-state index is 0.470. The van der Waals surface area contributed by atoms with Gasteiger partial charge in [0.2, 0.25) is 0 Å². The number of nitrogens with zero attached hydrogens (tertiary/aromatic N) is 5. The van der Waals surface area contributed by atoms with Crippen LogP contribution in [0.3, 0.4) is 0 Å². The van der Waals surface area contributed by atoms with Crippen LogP contribution in [0.15, 0.2) is 73.2 Å². The zero-order chi connectivity index (χ0) is 22.5. The molecule has 1 N–H and O–H groups in total. The van der Waals surface area contributed by atoms with Crippen LogP contribution >= 0.6 is 0 Å². The van der Waals surface area contributed by atoms with Gasteiger partial charge >= 0.3 is 0 Å². The maximum absolute atomic E-state index is 5.02. The van der Waals surface area contributed by atoms with Crippen molar-refractivity contribution < 1.29 is 0 Å². The monoisotopic (exact) mass is 436 g/mol. The fourth-order valence-corrected chi connectivity index (χ4v) is 4.44. The van der Waals surface area contributed by atoms with Crippen molar-refractivity contribution in [2.24, 2.45) is 0 Å². The van der Waals surface area contributed by atoms with Gasteiger partial charge in [0, 0.05) is 49.4 Å². The number of hydrogen-bond acceptors (Lipinski definition) is 5. The van der Waals surface area contributed by atoms with Gasteiger partial charge in [-0.15, -0.1) is 0 Å². The number of nitrogens with one attached hydrogen (secondary N) is 1. The topological polar surface area (TPSA) is 58.4 Å². The van der Waals surface area contributed by atoms with Crippen molar-refractivity contribution in [1.29, 1.82) is 0 Å². The Hall–Kier alpha value is -3.45. The van der Waals surface area contributed by atoms with E-state index in [-0.39, 0.29) is 0 Å². The molecule has 4 aromatic rings. The third kappa shape index (κ3) is 5.15. The normalized spacial score (nSPS) is 15.4. The second-order valence-corrected chi connectivity index (χ2v) is 8.73. The van der Waals surface area contributed by atoms with Crippen LogP contribution in [0.2, 0.25) is 0 Å². The Labute approximate surface area is 195 Å². The van der Waals surface area contributed by atoms with Crippen LogP contribution in [0.1, 0.15) is 35.6 Å². The predicted octanol–water partition coefficient (Wildman–Crippen LogP) is 2.89. The first kappa shape index (κ1) is 21.4. The van der Waals surface area contributed by atoms with Crippen molar-refractivity contribution >= 4 is 30.9 Å². The zero-order valence-corrected chi connectivity index (χ0v) is 19.1. The molecule has 6 nitrogen and oxygen atoms in total. The Morgan fingerprint density at radius 3 is 2.70 bits per heavy atom. The number of rotatable bonds is 7. The average molecular weight is 436 g/mol. The van der Waals surface area contributed by atoms with E-state index in [1.807, 2.05) is 23.0 Å². The number of aromatic nitrogens is 4. The fourth-order valence-electron chi connectivity index (χ4n) is 4.44. The number of fused-ring (bicyclic) bond motifs is 1. The van der Waals surface area contributed by atoms with E-state index in [0.717, 1.165) is 55.0 Å². The van der Waals surface area contributed by atoms with E-state index < -0.39 is 0 Å². The van der Waals surface area contributed by atoms with E-state index in [0.29, 0.717) is 12.5 Å². The molecule has 0 unspecified atom stereocenters. The molecule has 0 aliphatic carbocycles. The highest BCUT2D eigenvalue weighted by Gasteiger charge is 2.23. The van der Waals surface area contributed by atoms with Crippen LogP contribution < -0.4 is 10.8 Å². The van der Waals surface area contributed by atoms with Gasteiger partial charge in [0.1, 0.15) is 13.7 Å². The maximum atomic E-state index is 5.02. The Morgan fingerprint density at radius 2 is 1.91 bits per heavy atom. The summed E-state index contributed by atoms with van der Waals surface area (Å²) >= 11 is 0. The van der Waals surface area contributed by atoms with E-state index in [4.69, 9.17) is 4.98 Å². The summed E-state index contributed by atoms with van der Waals surface area (Å²) in [6.07, 6.45) is 12.3. The number of likely N-dealkylation sites (tertiary alicyclic amines) is 1. The highest BCUT2D eigenvalue weighted by atomic mass is 15.3. The van der Waals surface area contributed by atoms with Crippen LogP contribution in [-0.2, 0) is 6.54 Å². The van der Waals surface area contributed by atoms with Crippen LogP contribution in [-0.4, -0.2) is 52.0 Å². The molecule has 0 saturated carbocycles. The first-order chi connectivity index (χ1) is 16.3. The van der Waals surface area contributed by atoms with E-state index in [1.165, 1.54) is 11.3 Å². The Morgan fingerprint density at radius 1 is 1.06 bits per heavy atom. The van der Waals surface area contributed by atoms with Gasteiger partial charge in [0.15, 0.2) is 5.65 Å². The predicted molar refractivity (Wildman–Crippen MR) is 137 cm³/mol. The van der Waals surface area contributed by atoms with Gasteiger partial charge in [-0.3, -0.25) is 9.88 Å². The molecule has 33 heavy (non-hydrogen) atoms. The van der Waals surface area contributed by atoms with Crippen molar-refractivity contribution in [2.45, 2.75) is 25.3 Å². The average Bonchev–Trinajstić information content (AvgIpc) is 3.25. The van der Waals surface area contributed by atoms with E-state index in [2.05, 4.69) is 82.8 Å². The summed E-state index contributed by atoms with van der Waals surface area (Å²) in [4.78, 5) is 11.8. The summed E-state index contributed by atoms with van der Waals surface area (Å²) in [5.74, 6) is 1.46. The molecule has 166 valence electrons. The molecule has 0 bridgehead atoms. The number of benzene rings is 1. The first-order valence-corrected chi connectivity index (χ1v) is 11.7. The SMILES string of the molecule is Bc1cnn2c(NCc3cccnc3)cc(C3CCN(C/C=C/c4ccccc4)CC3)nc12. The van der Waals surface area contributed by atoms with Crippen molar-refractivity contribution in [3.63, 3.8) is 0 Å². The highest BCUT2D eigenvalue weighted by Crippen LogP contribution is 2.28. The van der Waals surface area contributed by atoms with Gasteiger partial charge in [0.05, 0.1) is 0 Å². The Bertz CT molecular complexity index is 1210. The Balaban J connectivity index is 1.26. The molecule has 1 aliphatic rings. The molecule has 0 atom stereocenters. The summed E-state index contributed by atoms with van der Waals surface area (Å²) < 4.78 is 1.92. The number of anilines is 1. The summed E-state index contributed by atoms with van der Waals surface area (Å²) in [6.45, 7) is 3.88. The third-order valence-electron chi connectivity index (χ3n) is 6.34. The van der Waals surface area contributed by atoms with Gasteiger partial charge in [-0.1, -0.05) is 48.6 Å². The molecule has 1 aliphatic heterocycles. The molecule has 1 fully saturated rings. The van der Waals surface area contributed by atoms with Crippen LogP contribution in [0, 0.1) is 0 Å². The molecule has 7 heteroatoms. The second kappa shape index (κ2) is 10.0. The smallest absolute Gasteiger partial charge is 0.151 e. The molecule has 0 amide bonds. The van der Waals surface area contributed by atoms with Crippen molar-refractivity contribution in [3.8, 4) is 0 Å². The fraction of sp³-hybridized carbons (Fsp3) is 0.269. The van der Waals surface area contributed by atoms with E-state index in [1.54, 1.807) is 6.20 Å². The van der Waals surface area contributed by atoms with Crippen molar-refractivity contribution in [1.82, 2.24) is 24.5 Å². The summed E-state index contributed by atoms with van der Waals surface area (Å²) in [7, 11) is 2.08. The molecule has 1 saturated heterocycles. The highest BCUT2D eigenvalue weighted by molar-refractivity contribution is 6.36. The molecule has 0 spiro atoms. The van der Waals surface area contributed by atoms with Crippen LogP contribution in [0.4, 0.5) is 5.82 Å². The zero-order valence-electron chi connectivity index (χ0n) is 19.1. The van der Waals surface area contributed by atoms with Gasteiger partial charge in [-0.2, -0.15) is 9.61 Å². The van der Waals surface area contributed by atoms with Gasteiger partial charge in [-0.25, -0.2) is 4.98 Å². The summed E-state index contributed by atoms with van der Waals surface area (Å²) in [6, 6.07) is 16.7.